The number of carboxylic acid groups (broad SMARTS) is 1. The van der Waals surface area contributed by atoms with Crippen molar-refractivity contribution in [2.45, 2.75) is 26.0 Å². The Labute approximate surface area is 101 Å². The van der Waals surface area contributed by atoms with Gasteiger partial charge in [0.05, 0.1) is 19.2 Å². The molecule has 2 amide bonds. The highest BCUT2D eigenvalue weighted by molar-refractivity contribution is 5.83. The van der Waals surface area contributed by atoms with Gasteiger partial charge in [0.15, 0.2) is 0 Å². The van der Waals surface area contributed by atoms with Crippen molar-refractivity contribution in [1.29, 1.82) is 0 Å². The van der Waals surface area contributed by atoms with Crippen LogP contribution in [-0.2, 0) is 9.53 Å². The summed E-state index contributed by atoms with van der Waals surface area (Å²) in [4.78, 5) is 25.9. The molecule has 6 nitrogen and oxygen atoms in total. The molecule has 1 N–H and O–H groups in total. The van der Waals surface area contributed by atoms with E-state index in [-0.39, 0.29) is 18.1 Å². The molecule has 17 heavy (non-hydrogen) atoms. The van der Waals surface area contributed by atoms with Crippen molar-refractivity contribution in [2.75, 3.05) is 27.2 Å². The molecule has 0 aliphatic carbocycles. The van der Waals surface area contributed by atoms with Crippen molar-refractivity contribution in [3.05, 3.63) is 0 Å². The molecule has 1 rings (SSSR count). The number of methoxy groups -OCH3 is 1. The lowest BCUT2D eigenvalue weighted by atomic mass is 10.0. The number of aliphatic carboxylic acids is 1. The molecule has 1 atom stereocenters. The molecule has 6 heteroatoms. The van der Waals surface area contributed by atoms with Crippen LogP contribution in [0.3, 0.4) is 0 Å². The van der Waals surface area contributed by atoms with Crippen LogP contribution in [0.4, 0.5) is 4.79 Å². The zero-order valence-corrected chi connectivity index (χ0v) is 10.7. The Morgan fingerprint density at radius 1 is 1.41 bits per heavy atom. The average Bonchev–Trinajstić information content (AvgIpc) is 2.14. The third kappa shape index (κ3) is 2.88. The van der Waals surface area contributed by atoms with Gasteiger partial charge in [-0.3, -0.25) is 0 Å². The largest absolute Gasteiger partial charge is 0.480 e. The molecule has 0 aromatic heterocycles. The lowest BCUT2D eigenvalue weighted by molar-refractivity contribution is -0.143. The lowest BCUT2D eigenvalue weighted by Crippen LogP contribution is -2.60. The lowest BCUT2D eigenvalue weighted by Gasteiger charge is -2.41. The number of likely N-dealkylation sites (tertiary alicyclic amines) is 1. The van der Waals surface area contributed by atoms with E-state index in [1.165, 1.54) is 11.9 Å². The normalized spacial score (nSPS) is 17.8. The van der Waals surface area contributed by atoms with Crippen molar-refractivity contribution in [3.63, 3.8) is 0 Å². The van der Waals surface area contributed by atoms with Crippen LogP contribution in [0, 0.1) is 5.92 Å². The monoisotopic (exact) mass is 244 g/mol. The Kier molecular flexibility index (Phi) is 4.34. The fourth-order valence-electron chi connectivity index (χ4n) is 1.98. The average molecular weight is 244 g/mol. The van der Waals surface area contributed by atoms with Crippen LogP contribution in [0.2, 0.25) is 0 Å². The second-order valence-electron chi connectivity index (χ2n) is 4.68. The number of ether oxygens (including phenoxy) is 1. The summed E-state index contributed by atoms with van der Waals surface area (Å²) in [6, 6.07) is -1.04. The van der Waals surface area contributed by atoms with E-state index in [2.05, 4.69) is 0 Å². The Bertz CT molecular complexity index is 300. The molecule has 1 heterocycles. The fourth-order valence-corrected chi connectivity index (χ4v) is 1.98. The summed E-state index contributed by atoms with van der Waals surface area (Å²) in [6.07, 6.45) is 0.0784. The number of hydrogen-bond acceptors (Lipinski definition) is 3. The van der Waals surface area contributed by atoms with E-state index in [1.807, 2.05) is 0 Å². The first kappa shape index (κ1) is 13.8. The number of carbonyl (C=O) groups excluding carboxylic acids is 1. The smallest absolute Gasteiger partial charge is 0.326 e. The van der Waals surface area contributed by atoms with Crippen molar-refractivity contribution in [2.24, 2.45) is 5.92 Å². The van der Waals surface area contributed by atoms with Crippen LogP contribution in [0.5, 0.6) is 0 Å². The quantitative estimate of drug-likeness (QED) is 0.780. The minimum Gasteiger partial charge on any atom is -0.480 e. The van der Waals surface area contributed by atoms with E-state index >= 15 is 0 Å². The number of likely N-dealkylation sites (N-methyl/N-ethyl adjacent to an activating group) is 1. The van der Waals surface area contributed by atoms with E-state index in [1.54, 1.807) is 25.9 Å². The summed E-state index contributed by atoms with van der Waals surface area (Å²) in [6.45, 7) is 4.64. The van der Waals surface area contributed by atoms with Crippen molar-refractivity contribution in [3.8, 4) is 0 Å². The second kappa shape index (κ2) is 5.35. The molecular formula is C11H20N2O4. The zero-order valence-electron chi connectivity index (χ0n) is 10.7. The molecule has 98 valence electrons. The number of rotatable bonds is 4. The molecule has 0 bridgehead atoms. The molecule has 0 aromatic rings. The number of hydrogen-bond donors (Lipinski definition) is 1. The van der Waals surface area contributed by atoms with Gasteiger partial charge in [-0.25, -0.2) is 9.59 Å². The molecule has 1 fully saturated rings. The first-order valence-electron chi connectivity index (χ1n) is 5.65. The molecule has 0 radical (unpaired) electrons. The first-order chi connectivity index (χ1) is 7.88. The van der Waals surface area contributed by atoms with Gasteiger partial charge in [-0.1, -0.05) is 13.8 Å². The molecule has 0 saturated carbocycles. The summed E-state index contributed by atoms with van der Waals surface area (Å²) in [5.41, 5.74) is 0. The van der Waals surface area contributed by atoms with Gasteiger partial charge in [0, 0.05) is 14.2 Å². The number of nitrogens with zero attached hydrogens (tertiary/aromatic N) is 2. The summed E-state index contributed by atoms with van der Waals surface area (Å²) in [5, 5.41) is 9.10. The predicted molar refractivity (Wildman–Crippen MR) is 61.8 cm³/mol. The first-order valence-corrected chi connectivity index (χ1v) is 5.65. The number of carbonyl (C=O) groups is 2. The van der Waals surface area contributed by atoms with Gasteiger partial charge >= 0.3 is 12.0 Å². The summed E-state index contributed by atoms with van der Waals surface area (Å²) >= 11 is 0. The van der Waals surface area contributed by atoms with Crippen molar-refractivity contribution >= 4 is 12.0 Å². The van der Waals surface area contributed by atoms with Crippen LogP contribution in [0.25, 0.3) is 0 Å². The Morgan fingerprint density at radius 3 is 2.29 bits per heavy atom. The molecule has 0 spiro atoms. The third-order valence-electron chi connectivity index (χ3n) is 3.06. The Hall–Kier alpha value is -1.30. The topological polar surface area (TPSA) is 70.1 Å². The molecule has 1 aliphatic heterocycles. The minimum atomic E-state index is -0.973. The van der Waals surface area contributed by atoms with Gasteiger partial charge in [-0.15, -0.1) is 0 Å². The van der Waals surface area contributed by atoms with E-state index in [0.717, 1.165) is 0 Å². The molecular weight excluding hydrogens is 224 g/mol. The maximum atomic E-state index is 12.0. The van der Waals surface area contributed by atoms with E-state index in [4.69, 9.17) is 9.84 Å². The summed E-state index contributed by atoms with van der Waals surface area (Å²) in [7, 11) is 3.13. The van der Waals surface area contributed by atoms with Gasteiger partial charge in [-0.05, 0) is 5.92 Å². The Balaban J connectivity index is 2.59. The highest BCUT2D eigenvalue weighted by Gasteiger charge is 2.37. The summed E-state index contributed by atoms with van der Waals surface area (Å²) in [5.74, 6) is -1.10. The van der Waals surface area contributed by atoms with Gasteiger partial charge in [-0.2, -0.15) is 0 Å². The van der Waals surface area contributed by atoms with Crippen molar-refractivity contribution in [1.82, 2.24) is 9.80 Å². The number of carboxylic acids is 1. The number of urea groups is 1. The standard InChI is InChI=1S/C11H20N2O4/c1-7(2)9(10(14)15)12(3)11(16)13-5-8(6-13)17-4/h7-9H,5-6H2,1-4H3,(H,14,15)/t9-/m0/s1. The maximum Gasteiger partial charge on any atom is 0.326 e. The Morgan fingerprint density at radius 2 is 1.94 bits per heavy atom. The minimum absolute atomic E-state index is 0.0784. The molecule has 0 unspecified atom stereocenters. The molecule has 1 saturated heterocycles. The van der Waals surface area contributed by atoms with Crippen LogP contribution in [0.1, 0.15) is 13.8 Å². The SMILES string of the molecule is COC1CN(C(=O)N(C)[C@H](C(=O)O)C(C)C)C1. The van der Waals surface area contributed by atoms with Crippen LogP contribution < -0.4 is 0 Å². The predicted octanol–water partition coefficient (Wildman–Crippen LogP) is 0.478. The van der Waals surface area contributed by atoms with Gasteiger partial charge in [0.25, 0.3) is 0 Å². The van der Waals surface area contributed by atoms with E-state index < -0.39 is 12.0 Å². The third-order valence-corrected chi connectivity index (χ3v) is 3.06. The van der Waals surface area contributed by atoms with Gasteiger partial charge in [0.1, 0.15) is 6.04 Å². The highest BCUT2D eigenvalue weighted by Crippen LogP contribution is 2.17. The highest BCUT2D eigenvalue weighted by atomic mass is 16.5. The number of amides is 2. The molecule has 1 aliphatic rings. The van der Waals surface area contributed by atoms with Crippen LogP contribution >= 0.6 is 0 Å². The van der Waals surface area contributed by atoms with Crippen molar-refractivity contribution < 1.29 is 19.4 Å². The second-order valence-corrected chi connectivity index (χ2v) is 4.68. The molecule has 0 aromatic carbocycles. The van der Waals surface area contributed by atoms with Gasteiger partial charge < -0.3 is 19.6 Å². The van der Waals surface area contributed by atoms with E-state index in [0.29, 0.717) is 13.1 Å². The fraction of sp³-hybridized carbons (Fsp3) is 0.818. The summed E-state index contributed by atoms with van der Waals surface area (Å²) < 4.78 is 5.07. The van der Waals surface area contributed by atoms with Crippen LogP contribution in [0.15, 0.2) is 0 Å². The van der Waals surface area contributed by atoms with E-state index in [9.17, 15) is 9.59 Å². The van der Waals surface area contributed by atoms with Gasteiger partial charge in [0.2, 0.25) is 0 Å². The maximum absolute atomic E-state index is 12.0. The zero-order chi connectivity index (χ0) is 13.2. The van der Waals surface area contributed by atoms with Crippen LogP contribution in [-0.4, -0.2) is 66.3 Å².